The van der Waals surface area contributed by atoms with Crippen LogP contribution in [0.25, 0.3) is 0 Å². The number of carbonyl (C=O) groups excluding carboxylic acids is 1. The van der Waals surface area contributed by atoms with Crippen molar-refractivity contribution < 1.29 is 19.4 Å². The highest BCUT2D eigenvalue weighted by molar-refractivity contribution is 6.14. The van der Waals surface area contributed by atoms with Crippen LogP contribution in [0.5, 0.6) is 5.75 Å². The van der Waals surface area contributed by atoms with E-state index < -0.39 is 12.0 Å². The molecule has 6 heteroatoms. The molecule has 2 amide bonds. The molecule has 0 radical (unpaired) electrons. The van der Waals surface area contributed by atoms with Gasteiger partial charge in [-0.2, -0.15) is 0 Å². The molecule has 0 spiro atoms. The molecule has 6 nitrogen and oxygen atoms in total. The summed E-state index contributed by atoms with van der Waals surface area (Å²) in [4.78, 5) is 23.0. The van der Waals surface area contributed by atoms with Crippen LogP contribution in [0.2, 0.25) is 0 Å². The smallest absolute Gasteiger partial charge is 0.418 e. The van der Waals surface area contributed by atoms with Gasteiger partial charge in [-0.1, -0.05) is 0 Å². The number of hydrogen-bond acceptors (Lipinski definition) is 4. The van der Waals surface area contributed by atoms with Gasteiger partial charge >= 0.3 is 6.09 Å². The fraction of sp³-hybridized carbons (Fsp3) is 0.200. The summed E-state index contributed by atoms with van der Waals surface area (Å²) in [7, 11) is 1.71. The van der Waals surface area contributed by atoms with Crippen LogP contribution in [0, 0.1) is 0 Å². The fourth-order valence-corrected chi connectivity index (χ4v) is 1.52. The number of carbonyl (C=O) groups is 2. The van der Waals surface area contributed by atoms with Gasteiger partial charge < -0.3 is 15.2 Å². The molecule has 1 heterocycles. The molecule has 0 saturated heterocycles. The molecular weight excluding hydrogens is 212 g/mol. The number of carboxylic acid groups (broad SMARTS) is 1. The third-order valence-corrected chi connectivity index (χ3v) is 2.28. The molecule has 0 saturated carbocycles. The van der Waals surface area contributed by atoms with E-state index in [0.29, 0.717) is 16.3 Å². The summed E-state index contributed by atoms with van der Waals surface area (Å²) in [6.07, 6.45) is -1.30. The van der Waals surface area contributed by atoms with Crippen molar-refractivity contribution in [2.24, 2.45) is 0 Å². The van der Waals surface area contributed by atoms with E-state index in [4.69, 9.17) is 9.84 Å². The van der Waals surface area contributed by atoms with Crippen molar-refractivity contribution in [3.05, 3.63) is 18.2 Å². The normalized spacial score (nSPS) is 14.1. The second-order valence-corrected chi connectivity index (χ2v) is 3.23. The number of nitrogens with one attached hydrogen (secondary N) is 1. The van der Waals surface area contributed by atoms with E-state index in [2.05, 4.69) is 5.32 Å². The van der Waals surface area contributed by atoms with Gasteiger partial charge in [0.15, 0.2) is 6.61 Å². The van der Waals surface area contributed by atoms with Gasteiger partial charge in [0.1, 0.15) is 5.75 Å². The number of imide groups is 1. The average Bonchev–Trinajstić information content (AvgIpc) is 2.27. The number of fused-ring (bicyclic) bond motifs is 1. The Morgan fingerprint density at radius 2 is 2.31 bits per heavy atom. The summed E-state index contributed by atoms with van der Waals surface area (Å²) in [6.45, 7) is -0.252. The lowest BCUT2D eigenvalue weighted by atomic mass is 10.2. The molecule has 0 atom stereocenters. The largest absolute Gasteiger partial charge is 0.482 e. The molecule has 1 aliphatic rings. The number of anilines is 2. The van der Waals surface area contributed by atoms with Gasteiger partial charge in [-0.25, -0.2) is 9.69 Å². The summed E-state index contributed by atoms with van der Waals surface area (Å²) in [5.41, 5.74) is 0.957. The van der Waals surface area contributed by atoms with Gasteiger partial charge in [0.05, 0.1) is 5.69 Å². The number of ether oxygens (including phenoxy) is 1. The zero-order valence-corrected chi connectivity index (χ0v) is 8.56. The van der Waals surface area contributed by atoms with Crippen LogP contribution >= 0.6 is 0 Å². The Balaban J connectivity index is 2.52. The highest BCUT2D eigenvalue weighted by Crippen LogP contribution is 2.34. The maximum absolute atomic E-state index is 11.4. The van der Waals surface area contributed by atoms with Crippen molar-refractivity contribution in [1.82, 2.24) is 0 Å². The van der Waals surface area contributed by atoms with Crippen molar-refractivity contribution in [3.8, 4) is 5.75 Å². The monoisotopic (exact) mass is 222 g/mol. The first-order valence-corrected chi connectivity index (χ1v) is 4.64. The molecule has 0 unspecified atom stereocenters. The minimum absolute atomic E-state index is 0.246. The first kappa shape index (κ1) is 10.3. The molecule has 0 bridgehead atoms. The second kappa shape index (κ2) is 3.73. The van der Waals surface area contributed by atoms with Gasteiger partial charge in [0.25, 0.3) is 5.91 Å². The van der Waals surface area contributed by atoms with E-state index in [1.165, 1.54) is 0 Å². The van der Waals surface area contributed by atoms with Crippen molar-refractivity contribution in [3.63, 3.8) is 0 Å². The third-order valence-electron chi connectivity index (χ3n) is 2.28. The molecule has 16 heavy (non-hydrogen) atoms. The summed E-state index contributed by atoms with van der Waals surface area (Å²) in [5.74, 6) is -0.200. The van der Waals surface area contributed by atoms with Crippen LogP contribution < -0.4 is 15.0 Å². The van der Waals surface area contributed by atoms with Crippen molar-refractivity contribution in [2.45, 2.75) is 0 Å². The molecule has 0 aromatic heterocycles. The zero-order chi connectivity index (χ0) is 11.7. The number of rotatable bonds is 1. The molecule has 1 aromatic carbocycles. The predicted molar refractivity (Wildman–Crippen MR) is 57.0 cm³/mol. The topological polar surface area (TPSA) is 78.9 Å². The van der Waals surface area contributed by atoms with Crippen LogP contribution in [0.4, 0.5) is 16.2 Å². The lowest BCUT2D eigenvalue weighted by Gasteiger charge is -2.25. The second-order valence-electron chi connectivity index (χ2n) is 3.23. The van der Waals surface area contributed by atoms with E-state index in [1.54, 1.807) is 25.2 Å². The van der Waals surface area contributed by atoms with Gasteiger partial charge in [-0.3, -0.25) is 4.79 Å². The Kier molecular flexibility index (Phi) is 2.40. The van der Waals surface area contributed by atoms with E-state index in [0.717, 1.165) is 0 Å². The Morgan fingerprint density at radius 3 is 2.94 bits per heavy atom. The zero-order valence-electron chi connectivity index (χ0n) is 8.56. The molecule has 1 aliphatic heterocycles. The summed E-state index contributed by atoms with van der Waals surface area (Å²) in [5, 5.41) is 11.8. The van der Waals surface area contributed by atoms with Gasteiger partial charge in [0.2, 0.25) is 0 Å². The molecule has 2 N–H and O–H groups in total. The molecule has 1 aromatic rings. The third kappa shape index (κ3) is 1.54. The highest BCUT2D eigenvalue weighted by atomic mass is 16.5. The molecule has 0 aliphatic carbocycles. The minimum atomic E-state index is -1.30. The summed E-state index contributed by atoms with van der Waals surface area (Å²) in [6, 6.07) is 4.93. The Hall–Kier alpha value is -2.24. The van der Waals surface area contributed by atoms with Crippen LogP contribution in [-0.4, -0.2) is 30.8 Å². The highest BCUT2D eigenvalue weighted by Gasteiger charge is 2.30. The number of amides is 2. The quantitative estimate of drug-likeness (QED) is 0.744. The van der Waals surface area contributed by atoms with Crippen LogP contribution in [-0.2, 0) is 4.79 Å². The lowest BCUT2D eigenvalue weighted by Crippen LogP contribution is -2.42. The molecule has 84 valence electrons. The van der Waals surface area contributed by atoms with Crippen molar-refractivity contribution in [1.29, 1.82) is 0 Å². The van der Waals surface area contributed by atoms with E-state index in [-0.39, 0.29) is 12.3 Å². The maximum Gasteiger partial charge on any atom is 0.418 e. The van der Waals surface area contributed by atoms with E-state index in [9.17, 15) is 9.59 Å². The van der Waals surface area contributed by atoms with Crippen LogP contribution in [0.1, 0.15) is 0 Å². The predicted octanol–water partition coefficient (Wildman–Crippen LogP) is 1.13. The number of nitrogens with zero attached hydrogens (tertiary/aromatic N) is 1. The molecular formula is C10H10N2O4. The van der Waals surface area contributed by atoms with Crippen LogP contribution in [0.15, 0.2) is 18.2 Å². The van der Waals surface area contributed by atoms with Crippen molar-refractivity contribution >= 4 is 23.4 Å². The summed E-state index contributed by atoms with van der Waals surface area (Å²) >= 11 is 0. The first-order chi connectivity index (χ1) is 7.63. The van der Waals surface area contributed by atoms with Gasteiger partial charge in [-0.05, 0) is 18.2 Å². The standard InChI is InChI=1S/C10H10N2O4/c1-11-6-2-3-8-7(4-6)12(10(14)15)9(13)5-16-8/h2-4,11H,5H2,1H3,(H,14,15). The lowest BCUT2D eigenvalue weighted by molar-refractivity contribution is -0.120. The summed E-state index contributed by atoms with van der Waals surface area (Å²) < 4.78 is 5.13. The van der Waals surface area contributed by atoms with Gasteiger partial charge in [-0.15, -0.1) is 0 Å². The van der Waals surface area contributed by atoms with E-state index >= 15 is 0 Å². The number of benzene rings is 1. The first-order valence-electron chi connectivity index (χ1n) is 4.64. The molecule has 2 rings (SSSR count). The SMILES string of the molecule is CNc1ccc2c(c1)N(C(=O)O)C(=O)CO2. The maximum atomic E-state index is 11.4. The van der Waals surface area contributed by atoms with Crippen molar-refractivity contribution in [2.75, 3.05) is 23.9 Å². The molecule has 0 fully saturated rings. The van der Waals surface area contributed by atoms with Gasteiger partial charge in [0, 0.05) is 12.7 Å². The Morgan fingerprint density at radius 1 is 1.56 bits per heavy atom. The Bertz CT molecular complexity index is 458. The van der Waals surface area contributed by atoms with E-state index in [1.807, 2.05) is 0 Å². The number of hydrogen-bond donors (Lipinski definition) is 2. The minimum Gasteiger partial charge on any atom is -0.482 e. The Labute approximate surface area is 91.4 Å². The fourth-order valence-electron chi connectivity index (χ4n) is 1.52. The average molecular weight is 222 g/mol. The van der Waals surface area contributed by atoms with Crippen LogP contribution in [0.3, 0.4) is 0 Å².